The fourth-order valence-electron chi connectivity index (χ4n) is 1.09. The molecule has 0 saturated carbocycles. The number of hydrogen-bond acceptors (Lipinski definition) is 4. The van der Waals surface area contributed by atoms with Crippen molar-refractivity contribution in [2.45, 2.75) is 18.9 Å². The molecule has 102 valence electrons. The highest BCUT2D eigenvalue weighted by Gasteiger charge is 2.32. The van der Waals surface area contributed by atoms with Gasteiger partial charge in [-0.05, 0) is 13.3 Å². The second-order valence-electron chi connectivity index (χ2n) is 3.94. The van der Waals surface area contributed by atoms with Gasteiger partial charge in [0, 0.05) is 13.6 Å². The van der Waals surface area contributed by atoms with Gasteiger partial charge in [-0.15, -0.1) is 0 Å². The van der Waals surface area contributed by atoms with E-state index in [9.17, 15) is 14.4 Å². The molecule has 0 spiro atoms. The molecule has 0 bridgehead atoms. The third-order valence-electron chi connectivity index (χ3n) is 2.43. The van der Waals surface area contributed by atoms with E-state index in [1.807, 2.05) is 0 Å². The van der Waals surface area contributed by atoms with E-state index in [2.05, 4.69) is 11.9 Å². The Morgan fingerprint density at radius 1 is 1.56 bits per heavy atom. The number of ether oxygens (including phenoxy) is 1. The van der Waals surface area contributed by atoms with Crippen molar-refractivity contribution in [3.8, 4) is 0 Å². The van der Waals surface area contributed by atoms with E-state index < -0.39 is 17.6 Å². The van der Waals surface area contributed by atoms with Crippen LogP contribution in [0.3, 0.4) is 0 Å². The quantitative estimate of drug-likeness (QED) is 0.479. The molecule has 0 aliphatic heterocycles. The lowest BCUT2D eigenvalue weighted by Crippen LogP contribution is -2.51. The largest absolute Gasteiger partial charge is 0.480 e. The molecule has 18 heavy (non-hydrogen) atoms. The number of nitrogens with one attached hydrogen (secondary N) is 1. The summed E-state index contributed by atoms with van der Waals surface area (Å²) in [6, 6.07) is 0. The number of carbonyl (C=O) groups is 3. The Kier molecular flexibility index (Phi) is 6.48. The number of carbonyl (C=O) groups excluding carboxylic acids is 2. The Bertz CT molecular complexity index is 331. The number of nitrogens with zero attached hydrogens (tertiary/aromatic N) is 1. The second-order valence-corrected chi connectivity index (χ2v) is 3.94. The topological polar surface area (TPSA) is 95.9 Å². The summed E-state index contributed by atoms with van der Waals surface area (Å²) in [6.07, 6.45) is 1.25. The number of aliphatic carboxylic acids is 1. The normalized spacial score (nSPS) is 13.0. The SMILES string of the molecule is C=CCOC(=O)N(C)CCC(C)(NC=O)C(=O)O. The predicted molar refractivity (Wildman–Crippen MR) is 64.0 cm³/mol. The molecule has 0 aliphatic carbocycles. The second kappa shape index (κ2) is 7.31. The maximum atomic E-state index is 11.4. The zero-order valence-corrected chi connectivity index (χ0v) is 10.5. The van der Waals surface area contributed by atoms with Gasteiger partial charge in [-0.3, -0.25) is 4.79 Å². The molecule has 0 aliphatic rings. The average Bonchev–Trinajstić information content (AvgIpc) is 2.33. The predicted octanol–water partition coefficient (Wildman–Crippen LogP) is 0.220. The summed E-state index contributed by atoms with van der Waals surface area (Å²) in [4.78, 5) is 33.9. The fraction of sp³-hybridized carbons (Fsp3) is 0.545. The Labute approximate surface area is 105 Å². The number of amides is 2. The summed E-state index contributed by atoms with van der Waals surface area (Å²) in [7, 11) is 1.48. The van der Waals surface area contributed by atoms with Crippen molar-refractivity contribution >= 4 is 18.5 Å². The summed E-state index contributed by atoms with van der Waals surface area (Å²) in [5.41, 5.74) is -1.41. The summed E-state index contributed by atoms with van der Waals surface area (Å²) < 4.78 is 4.77. The van der Waals surface area contributed by atoms with Crippen molar-refractivity contribution in [2.24, 2.45) is 0 Å². The highest BCUT2D eigenvalue weighted by atomic mass is 16.6. The molecule has 0 heterocycles. The molecular weight excluding hydrogens is 240 g/mol. The molecule has 0 aromatic heterocycles. The Morgan fingerprint density at radius 2 is 2.17 bits per heavy atom. The van der Waals surface area contributed by atoms with Crippen LogP contribution < -0.4 is 5.32 Å². The van der Waals surface area contributed by atoms with Crippen molar-refractivity contribution in [2.75, 3.05) is 20.2 Å². The first-order valence-electron chi connectivity index (χ1n) is 5.31. The van der Waals surface area contributed by atoms with Gasteiger partial charge in [0.15, 0.2) is 0 Å². The van der Waals surface area contributed by atoms with Gasteiger partial charge in [0.05, 0.1) is 0 Å². The van der Waals surface area contributed by atoms with Crippen molar-refractivity contribution in [3.63, 3.8) is 0 Å². The lowest BCUT2D eigenvalue weighted by Gasteiger charge is -2.26. The Morgan fingerprint density at radius 3 is 2.61 bits per heavy atom. The highest BCUT2D eigenvalue weighted by molar-refractivity contribution is 5.81. The standard InChI is InChI=1S/C11H18N2O5/c1-4-7-18-10(17)13(3)6-5-11(2,9(15)16)12-8-14/h4,8H,1,5-7H2,2-3H3,(H,12,14)(H,15,16). The molecule has 0 aromatic carbocycles. The van der Waals surface area contributed by atoms with E-state index in [-0.39, 0.29) is 19.6 Å². The molecule has 1 atom stereocenters. The lowest BCUT2D eigenvalue weighted by atomic mass is 9.98. The maximum absolute atomic E-state index is 11.4. The van der Waals surface area contributed by atoms with Crippen molar-refractivity contribution in [3.05, 3.63) is 12.7 Å². The van der Waals surface area contributed by atoms with Crippen LogP contribution in [0.1, 0.15) is 13.3 Å². The first-order valence-corrected chi connectivity index (χ1v) is 5.31. The monoisotopic (exact) mass is 258 g/mol. The van der Waals surface area contributed by atoms with Crippen LogP contribution in [0.5, 0.6) is 0 Å². The lowest BCUT2D eigenvalue weighted by molar-refractivity contribution is -0.145. The van der Waals surface area contributed by atoms with E-state index in [0.717, 1.165) is 0 Å². The molecule has 2 N–H and O–H groups in total. The summed E-state index contributed by atoms with van der Waals surface area (Å²) in [6.45, 7) is 5.00. The van der Waals surface area contributed by atoms with Gasteiger partial charge in [-0.2, -0.15) is 0 Å². The molecule has 0 radical (unpaired) electrons. The van der Waals surface area contributed by atoms with Gasteiger partial charge in [0.25, 0.3) is 0 Å². The minimum Gasteiger partial charge on any atom is -0.480 e. The van der Waals surface area contributed by atoms with Gasteiger partial charge >= 0.3 is 12.1 Å². The number of rotatable bonds is 8. The average molecular weight is 258 g/mol. The van der Waals surface area contributed by atoms with Crippen LogP contribution in [-0.2, 0) is 14.3 Å². The Hall–Kier alpha value is -2.05. The van der Waals surface area contributed by atoms with Crippen LogP contribution in [0.4, 0.5) is 4.79 Å². The van der Waals surface area contributed by atoms with Crippen LogP contribution in [0.15, 0.2) is 12.7 Å². The minimum absolute atomic E-state index is 0.0702. The van der Waals surface area contributed by atoms with Gasteiger partial charge < -0.3 is 20.1 Å². The minimum atomic E-state index is -1.41. The zero-order valence-electron chi connectivity index (χ0n) is 10.5. The van der Waals surface area contributed by atoms with Gasteiger partial charge in [-0.25, -0.2) is 9.59 Å². The van der Waals surface area contributed by atoms with Gasteiger partial charge in [0.1, 0.15) is 12.1 Å². The molecule has 7 nitrogen and oxygen atoms in total. The van der Waals surface area contributed by atoms with Crippen LogP contribution >= 0.6 is 0 Å². The van der Waals surface area contributed by atoms with Gasteiger partial charge in [-0.1, -0.05) is 12.7 Å². The van der Waals surface area contributed by atoms with Crippen molar-refractivity contribution < 1.29 is 24.2 Å². The highest BCUT2D eigenvalue weighted by Crippen LogP contribution is 2.10. The van der Waals surface area contributed by atoms with Crippen LogP contribution in [0, 0.1) is 0 Å². The van der Waals surface area contributed by atoms with Crippen LogP contribution in [0.2, 0.25) is 0 Å². The summed E-state index contributed by atoms with van der Waals surface area (Å²) in [5.74, 6) is -1.16. The summed E-state index contributed by atoms with van der Waals surface area (Å²) in [5, 5.41) is 11.2. The number of hydrogen-bond donors (Lipinski definition) is 2. The van der Waals surface area contributed by atoms with E-state index in [1.54, 1.807) is 0 Å². The maximum Gasteiger partial charge on any atom is 0.409 e. The zero-order chi connectivity index (χ0) is 14.2. The summed E-state index contributed by atoms with van der Waals surface area (Å²) >= 11 is 0. The first-order chi connectivity index (χ1) is 8.37. The molecular formula is C11H18N2O5. The van der Waals surface area contributed by atoms with Crippen molar-refractivity contribution in [1.82, 2.24) is 10.2 Å². The van der Waals surface area contributed by atoms with Crippen LogP contribution in [-0.4, -0.2) is 54.2 Å². The molecule has 1 unspecified atom stereocenters. The first kappa shape index (κ1) is 16.0. The van der Waals surface area contributed by atoms with Gasteiger partial charge in [0.2, 0.25) is 6.41 Å². The third kappa shape index (κ3) is 4.86. The van der Waals surface area contributed by atoms with Crippen LogP contribution in [0.25, 0.3) is 0 Å². The molecule has 0 rings (SSSR count). The fourth-order valence-corrected chi connectivity index (χ4v) is 1.09. The van der Waals surface area contributed by atoms with Crippen molar-refractivity contribution in [1.29, 1.82) is 0 Å². The number of carboxylic acid groups (broad SMARTS) is 1. The van der Waals surface area contributed by atoms with E-state index in [1.165, 1.54) is 24.9 Å². The molecule has 7 heteroatoms. The molecule has 0 saturated heterocycles. The van der Waals surface area contributed by atoms with E-state index >= 15 is 0 Å². The third-order valence-corrected chi connectivity index (χ3v) is 2.43. The molecule has 0 aromatic rings. The van der Waals surface area contributed by atoms with E-state index in [0.29, 0.717) is 6.41 Å². The molecule has 2 amide bonds. The molecule has 0 fully saturated rings. The van der Waals surface area contributed by atoms with E-state index in [4.69, 9.17) is 9.84 Å². The smallest absolute Gasteiger partial charge is 0.409 e. The number of carboxylic acids is 1. The Balaban J connectivity index is 4.35.